The van der Waals surface area contributed by atoms with Crippen molar-refractivity contribution in [2.24, 2.45) is 0 Å². The van der Waals surface area contributed by atoms with Crippen LogP contribution in [0.2, 0.25) is 0 Å². The molecule has 1 heterocycles. The van der Waals surface area contributed by atoms with Gasteiger partial charge in [0.15, 0.2) is 21.7 Å². The van der Waals surface area contributed by atoms with Gasteiger partial charge in [0.25, 0.3) is 0 Å². The highest BCUT2D eigenvalue weighted by Gasteiger charge is 2.13. The number of anilines is 1. The van der Waals surface area contributed by atoms with E-state index in [2.05, 4.69) is 10.2 Å². The third kappa shape index (κ3) is 3.92. The Bertz CT molecular complexity index is 646. The third-order valence-electron chi connectivity index (χ3n) is 2.58. The molecule has 0 aliphatic heterocycles. The van der Waals surface area contributed by atoms with E-state index in [1.165, 1.54) is 42.3 Å². The van der Waals surface area contributed by atoms with Crippen LogP contribution in [0.4, 0.5) is 9.52 Å². The van der Waals surface area contributed by atoms with Gasteiger partial charge in [-0.3, -0.25) is 4.79 Å². The number of carbonyl (C=O) groups is 1. The van der Waals surface area contributed by atoms with E-state index in [1.54, 1.807) is 6.07 Å². The van der Waals surface area contributed by atoms with Gasteiger partial charge in [0.2, 0.25) is 5.13 Å². The normalized spacial score (nSPS) is 10.5. The van der Waals surface area contributed by atoms with Gasteiger partial charge in [-0.15, -0.1) is 10.2 Å². The van der Waals surface area contributed by atoms with Crippen LogP contribution < -0.4 is 9.64 Å². The molecule has 1 aromatic heterocycles. The smallest absolute Gasteiger partial charge is 0.208 e. The Morgan fingerprint density at radius 1 is 1.43 bits per heavy atom. The number of ether oxygens (including phenoxy) is 1. The number of Topliss-reactive ketones (excluding diaryl/α,β-unsaturated/α-hetero) is 1. The van der Waals surface area contributed by atoms with Crippen LogP contribution in [0, 0.1) is 5.82 Å². The molecule has 112 valence electrons. The minimum Gasteiger partial charge on any atom is -0.494 e. The van der Waals surface area contributed by atoms with Gasteiger partial charge in [-0.2, -0.15) is 0 Å². The fourth-order valence-electron chi connectivity index (χ4n) is 1.49. The molecule has 2 aromatic rings. The Morgan fingerprint density at radius 2 is 2.19 bits per heavy atom. The Morgan fingerprint density at radius 3 is 2.76 bits per heavy atom. The summed E-state index contributed by atoms with van der Waals surface area (Å²) in [6, 6.07) is 4.19. The summed E-state index contributed by atoms with van der Waals surface area (Å²) < 4.78 is 19.1. The summed E-state index contributed by atoms with van der Waals surface area (Å²) in [5.41, 5.74) is 0.318. The summed E-state index contributed by atoms with van der Waals surface area (Å²) in [4.78, 5) is 13.9. The van der Waals surface area contributed by atoms with Crippen LogP contribution in [0.25, 0.3) is 0 Å². The van der Waals surface area contributed by atoms with Crippen molar-refractivity contribution in [2.45, 2.75) is 4.34 Å². The number of hydrogen-bond donors (Lipinski definition) is 0. The van der Waals surface area contributed by atoms with Crippen molar-refractivity contribution >= 4 is 34.0 Å². The number of halogens is 1. The monoisotopic (exact) mass is 327 g/mol. The van der Waals surface area contributed by atoms with Crippen molar-refractivity contribution in [3.05, 3.63) is 29.6 Å². The minimum absolute atomic E-state index is 0.124. The first-order chi connectivity index (χ1) is 10.0. The van der Waals surface area contributed by atoms with E-state index in [0.717, 1.165) is 5.13 Å². The number of nitrogens with zero attached hydrogens (tertiary/aromatic N) is 3. The SMILES string of the molecule is COc1ccc(C(=O)CSc2nnc(N(C)C)s2)cc1F. The van der Waals surface area contributed by atoms with E-state index < -0.39 is 5.82 Å². The summed E-state index contributed by atoms with van der Waals surface area (Å²) in [5.74, 6) is -0.394. The lowest BCUT2D eigenvalue weighted by molar-refractivity contribution is 0.102. The number of hydrogen-bond acceptors (Lipinski definition) is 7. The molecule has 2 rings (SSSR count). The second-order valence-corrected chi connectivity index (χ2v) is 6.48. The molecule has 0 saturated heterocycles. The van der Waals surface area contributed by atoms with Gasteiger partial charge in [-0.05, 0) is 18.2 Å². The summed E-state index contributed by atoms with van der Waals surface area (Å²) in [6.07, 6.45) is 0. The fraction of sp³-hybridized carbons (Fsp3) is 0.308. The molecule has 21 heavy (non-hydrogen) atoms. The molecule has 0 radical (unpaired) electrons. The number of aromatic nitrogens is 2. The van der Waals surface area contributed by atoms with Crippen LogP contribution in [0.1, 0.15) is 10.4 Å². The minimum atomic E-state index is -0.542. The summed E-state index contributed by atoms with van der Waals surface area (Å²) in [6.45, 7) is 0. The highest BCUT2D eigenvalue weighted by atomic mass is 32.2. The highest BCUT2D eigenvalue weighted by Crippen LogP contribution is 2.27. The molecule has 0 spiro atoms. The quantitative estimate of drug-likeness (QED) is 0.601. The van der Waals surface area contributed by atoms with Crippen molar-refractivity contribution in [2.75, 3.05) is 31.9 Å². The first-order valence-electron chi connectivity index (χ1n) is 6.01. The van der Waals surface area contributed by atoms with E-state index >= 15 is 0 Å². The van der Waals surface area contributed by atoms with Crippen molar-refractivity contribution < 1.29 is 13.9 Å². The number of ketones is 1. The third-order valence-corrected chi connectivity index (χ3v) is 4.80. The predicted octanol–water partition coefficient (Wildman–Crippen LogP) is 2.73. The fourth-order valence-corrected chi connectivity index (χ4v) is 3.15. The van der Waals surface area contributed by atoms with Gasteiger partial charge in [0, 0.05) is 19.7 Å². The van der Waals surface area contributed by atoms with Crippen LogP contribution in [0.3, 0.4) is 0 Å². The Balaban J connectivity index is 1.99. The topological polar surface area (TPSA) is 55.3 Å². The molecular weight excluding hydrogens is 313 g/mol. The average Bonchev–Trinajstić information content (AvgIpc) is 2.93. The molecule has 0 atom stereocenters. The Labute approximate surface area is 130 Å². The lowest BCUT2D eigenvalue weighted by Gasteiger charge is -2.04. The molecule has 0 aliphatic carbocycles. The highest BCUT2D eigenvalue weighted by molar-refractivity contribution is 8.01. The molecular formula is C13H14FN3O2S2. The standard InChI is InChI=1S/C13H14FN3O2S2/c1-17(2)12-15-16-13(21-12)20-7-10(18)8-4-5-11(19-3)9(14)6-8/h4-6H,7H2,1-3H3. The van der Waals surface area contributed by atoms with Crippen LogP contribution in [0.15, 0.2) is 22.5 Å². The first kappa shape index (κ1) is 15.7. The van der Waals surface area contributed by atoms with Crippen molar-refractivity contribution in [1.82, 2.24) is 10.2 Å². The zero-order valence-electron chi connectivity index (χ0n) is 11.8. The molecule has 0 fully saturated rings. The largest absolute Gasteiger partial charge is 0.494 e. The van der Waals surface area contributed by atoms with Crippen LogP contribution >= 0.6 is 23.1 Å². The molecule has 0 N–H and O–H groups in total. The number of carbonyl (C=O) groups excluding carboxylic acids is 1. The molecule has 1 aromatic carbocycles. The number of thioether (sulfide) groups is 1. The molecule has 8 heteroatoms. The Kier molecular flexibility index (Phi) is 5.13. The van der Waals surface area contributed by atoms with Gasteiger partial charge < -0.3 is 9.64 Å². The van der Waals surface area contributed by atoms with Gasteiger partial charge in [-0.1, -0.05) is 23.1 Å². The van der Waals surface area contributed by atoms with Crippen LogP contribution in [0.5, 0.6) is 5.75 Å². The zero-order chi connectivity index (χ0) is 15.4. The first-order valence-corrected chi connectivity index (χ1v) is 7.82. The molecule has 0 bridgehead atoms. The maximum atomic E-state index is 13.6. The predicted molar refractivity (Wildman–Crippen MR) is 82.2 cm³/mol. The van der Waals surface area contributed by atoms with Crippen LogP contribution in [-0.2, 0) is 0 Å². The zero-order valence-corrected chi connectivity index (χ0v) is 13.4. The molecule has 0 aliphatic rings. The van der Waals surface area contributed by atoms with Crippen LogP contribution in [-0.4, -0.2) is 42.9 Å². The molecule has 5 nitrogen and oxygen atoms in total. The lowest BCUT2D eigenvalue weighted by Crippen LogP contribution is -2.07. The molecule has 0 unspecified atom stereocenters. The van der Waals surface area contributed by atoms with Gasteiger partial charge in [0.05, 0.1) is 12.9 Å². The maximum absolute atomic E-state index is 13.6. The van der Waals surface area contributed by atoms with E-state index in [4.69, 9.17) is 4.74 Å². The van der Waals surface area contributed by atoms with Crippen molar-refractivity contribution in [3.63, 3.8) is 0 Å². The number of benzene rings is 1. The van der Waals surface area contributed by atoms with Gasteiger partial charge in [0.1, 0.15) is 0 Å². The maximum Gasteiger partial charge on any atom is 0.208 e. The number of methoxy groups -OCH3 is 1. The van der Waals surface area contributed by atoms with Gasteiger partial charge >= 0.3 is 0 Å². The van der Waals surface area contributed by atoms with E-state index in [0.29, 0.717) is 9.90 Å². The van der Waals surface area contributed by atoms with E-state index in [1.807, 2.05) is 19.0 Å². The van der Waals surface area contributed by atoms with E-state index in [-0.39, 0.29) is 17.3 Å². The van der Waals surface area contributed by atoms with Crippen molar-refractivity contribution in [3.8, 4) is 5.75 Å². The molecule has 0 saturated carbocycles. The summed E-state index contributed by atoms with van der Waals surface area (Å²) in [7, 11) is 5.13. The number of rotatable bonds is 6. The van der Waals surface area contributed by atoms with Gasteiger partial charge in [-0.25, -0.2) is 4.39 Å². The second kappa shape index (κ2) is 6.86. The molecule has 0 amide bonds. The lowest BCUT2D eigenvalue weighted by atomic mass is 10.1. The Hall–Kier alpha value is -1.67. The van der Waals surface area contributed by atoms with E-state index in [9.17, 15) is 9.18 Å². The summed E-state index contributed by atoms with van der Waals surface area (Å²) in [5, 5.41) is 8.76. The second-order valence-electron chi connectivity index (χ2n) is 4.31. The average molecular weight is 327 g/mol. The van der Waals surface area contributed by atoms with Crippen molar-refractivity contribution in [1.29, 1.82) is 0 Å². The summed E-state index contributed by atoms with van der Waals surface area (Å²) >= 11 is 2.70.